The first-order chi connectivity index (χ1) is 22.3. The highest BCUT2D eigenvalue weighted by molar-refractivity contribution is 6.74. The Balaban J connectivity index is 1.60. The van der Waals surface area contributed by atoms with Gasteiger partial charge in [-0.2, -0.15) is 0 Å². The molecule has 47 heavy (non-hydrogen) atoms. The van der Waals surface area contributed by atoms with Crippen molar-refractivity contribution < 1.29 is 28.5 Å². The first-order valence-electron chi connectivity index (χ1n) is 15.6. The van der Waals surface area contributed by atoms with Crippen LogP contribution in [0.1, 0.15) is 43.7 Å². The van der Waals surface area contributed by atoms with Gasteiger partial charge >= 0.3 is 5.69 Å². The van der Waals surface area contributed by atoms with Crippen LogP contribution >= 0.6 is 0 Å². The SMILES string of the molecule is COc1ccc(C(OC[C@H]2O[C@@H](n3c(=O)cc[nH]c3=O)C(O[Si](C)(C)C(C)(C)C)[C@H]2O)(c2ccccc2)c2ccc(OC)cc2)cc1. The molecule has 10 nitrogen and oxygen atoms in total. The van der Waals surface area contributed by atoms with Crippen molar-refractivity contribution in [2.75, 3.05) is 20.8 Å². The number of benzene rings is 3. The summed E-state index contributed by atoms with van der Waals surface area (Å²) in [5.41, 5.74) is 0.0652. The molecule has 1 aliphatic rings. The molecule has 4 aromatic rings. The summed E-state index contributed by atoms with van der Waals surface area (Å²) in [4.78, 5) is 28.5. The molecule has 2 N–H and O–H groups in total. The van der Waals surface area contributed by atoms with E-state index in [9.17, 15) is 14.7 Å². The molecule has 0 amide bonds. The minimum atomic E-state index is -2.52. The summed E-state index contributed by atoms with van der Waals surface area (Å²) in [6.45, 7) is 10.2. The molecule has 250 valence electrons. The first kappa shape index (κ1) is 34.3. The Morgan fingerprint density at radius 2 is 1.36 bits per heavy atom. The van der Waals surface area contributed by atoms with E-state index in [1.54, 1.807) is 14.2 Å². The lowest BCUT2D eigenvalue weighted by atomic mass is 9.80. The number of H-pyrrole nitrogens is 1. The lowest BCUT2D eigenvalue weighted by molar-refractivity contribution is -0.0962. The van der Waals surface area contributed by atoms with Crippen molar-refractivity contribution in [1.29, 1.82) is 0 Å². The highest BCUT2D eigenvalue weighted by atomic mass is 28.4. The van der Waals surface area contributed by atoms with Crippen LogP contribution in [0, 0.1) is 0 Å². The maximum Gasteiger partial charge on any atom is 0.330 e. The van der Waals surface area contributed by atoms with Crippen LogP contribution in [0.2, 0.25) is 18.1 Å². The van der Waals surface area contributed by atoms with Crippen LogP contribution in [0.25, 0.3) is 0 Å². The highest BCUT2D eigenvalue weighted by Gasteiger charge is 2.52. The number of aromatic nitrogens is 2. The summed E-state index contributed by atoms with van der Waals surface area (Å²) in [5, 5.41) is 11.7. The summed E-state index contributed by atoms with van der Waals surface area (Å²) in [5.74, 6) is 1.37. The van der Waals surface area contributed by atoms with Gasteiger partial charge < -0.3 is 33.5 Å². The van der Waals surface area contributed by atoms with E-state index in [2.05, 4.69) is 25.8 Å². The Bertz CT molecular complexity index is 1670. The predicted octanol–water partition coefficient (Wildman–Crippen LogP) is 5.21. The molecule has 4 atom stereocenters. The van der Waals surface area contributed by atoms with Crippen LogP contribution in [0.15, 0.2) is 101 Å². The fourth-order valence-corrected chi connectivity index (χ4v) is 6.95. The first-order valence-corrected chi connectivity index (χ1v) is 18.5. The molecule has 0 saturated carbocycles. The summed E-state index contributed by atoms with van der Waals surface area (Å²) in [6, 6.07) is 26.3. The number of nitrogens with zero attached hydrogens (tertiary/aromatic N) is 1. The van der Waals surface area contributed by atoms with Gasteiger partial charge in [0.05, 0.1) is 20.8 Å². The predicted molar refractivity (Wildman–Crippen MR) is 182 cm³/mol. The smallest absolute Gasteiger partial charge is 0.330 e. The number of hydrogen-bond acceptors (Lipinski definition) is 8. The summed E-state index contributed by atoms with van der Waals surface area (Å²) >= 11 is 0. The van der Waals surface area contributed by atoms with Crippen molar-refractivity contribution in [1.82, 2.24) is 9.55 Å². The fraction of sp³-hybridized carbons (Fsp3) is 0.389. The highest BCUT2D eigenvalue weighted by Crippen LogP contribution is 2.44. The maximum absolute atomic E-state index is 13.0. The topological polar surface area (TPSA) is 121 Å². The van der Waals surface area contributed by atoms with Crippen molar-refractivity contribution in [3.63, 3.8) is 0 Å². The van der Waals surface area contributed by atoms with Crippen molar-refractivity contribution in [2.45, 2.75) is 69.0 Å². The van der Waals surface area contributed by atoms with E-state index in [-0.39, 0.29) is 11.6 Å². The Hall–Kier alpha value is -4.00. The van der Waals surface area contributed by atoms with Gasteiger partial charge in [-0.3, -0.25) is 4.79 Å². The standard InChI is InChI=1S/C36H44N2O8Si/c1-35(2,3)47(6,7)46-32-31(40)29(45-33(32)38-30(39)21-22-37-34(38)41)23-44-36(24-11-9-8-10-12-24,25-13-17-27(42-4)18-14-25)26-15-19-28(43-5)20-16-26/h8-22,29,31-33,40H,23H2,1-7H3,(H,37,41)/t29-,31+,32?,33-/m1/s1. The van der Waals surface area contributed by atoms with Gasteiger partial charge in [0.1, 0.15) is 35.4 Å². The van der Waals surface area contributed by atoms with Crippen molar-refractivity contribution >= 4 is 8.32 Å². The summed E-state index contributed by atoms with van der Waals surface area (Å²) in [6.07, 6.45) is -3.08. The van der Waals surface area contributed by atoms with Gasteiger partial charge in [0.2, 0.25) is 0 Å². The molecule has 0 radical (unpaired) electrons. The Morgan fingerprint density at radius 3 is 1.85 bits per heavy atom. The van der Waals surface area contributed by atoms with Crippen molar-refractivity contribution in [3.8, 4) is 11.5 Å². The molecule has 3 aromatic carbocycles. The van der Waals surface area contributed by atoms with Crippen LogP contribution in [0.3, 0.4) is 0 Å². The van der Waals surface area contributed by atoms with E-state index < -0.39 is 49.7 Å². The maximum atomic E-state index is 13.0. The largest absolute Gasteiger partial charge is 0.497 e. The third kappa shape index (κ3) is 6.72. The minimum absolute atomic E-state index is 0.110. The number of ether oxygens (including phenoxy) is 4. The quantitative estimate of drug-likeness (QED) is 0.166. The van der Waals surface area contributed by atoms with Crippen LogP contribution in [0.4, 0.5) is 0 Å². The van der Waals surface area contributed by atoms with E-state index in [1.165, 1.54) is 12.3 Å². The molecule has 5 rings (SSSR count). The normalized spacial score (nSPS) is 20.3. The zero-order valence-corrected chi connectivity index (χ0v) is 28.9. The molecule has 1 fully saturated rings. The molecule has 0 spiro atoms. The van der Waals surface area contributed by atoms with E-state index in [0.717, 1.165) is 21.3 Å². The lowest BCUT2D eigenvalue weighted by Gasteiger charge is -2.40. The average molecular weight is 661 g/mol. The molecule has 2 heterocycles. The fourth-order valence-electron chi connectivity index (χ4n) is 5.66. The van der Waals surface area contributed by atoms with Crippen LogP contribution in [0.5, 0.6) is 11.5 Å². The number of rotatable bonds is 11. The molecule has 11 heteroatoms. The van der Waals surface area contributed by atoms with Crippen LogP contribution in [-0.4, -0.2) is 62.1 Å². The van der Waals surface area contributed by atoms with Gasteiger partial charge in [-0.05, 0) is 59.1 Å². The second-order valence-electron chi connectivity index (χ2n) is 13.2. The van der Waals surface area contributed by atoms with Gasteiger partial charge in [0.25, 0.3) is 5.56 Å². The second-order valence-corrected chi connectivity index (χ2v) is 18.0. The second kappa shape index (κ2) is 13.6. The molecular formula is C36H44N2O8Si. The molecular weight excluding hydrogens is 616 g/mol. The van der Waals surface area contributed by atoms with E-state index in [1.807, 2.05) is 92.0 Å². The molecule has 0 bridgehead atoms. The Kier molecular flexibility index (Phi) is 9.95. The van der Waals surface area contributed by atoms with Gasteiger partial charge in [-0.15, -0.1) is 0 Å². The Morgan fingerprint density at radius 1 is 0.830 bits per heavy atom. The Labute approximate surface area is 276 Å². The van der Waals surface area contributed by atoms with Crippen LogP contribution in [-0.2, 0) is 19.5 Å². The minimum Gasteiger partial charge on any atom is -0.497 e. The van der Waals surface area contributed by atoms with Gasteiger partial charge in [-0.25, -0.2) is 9.36 Å². The van der Waals surface area contributed by atoms with E-state index in [0.29, 0.717) is 11.5 Å². The average Bonchev–Trinajstić information content (AvgIpc) is 3.35. The third-order valence-corrected chi connectivity index (χ3v) is 13.8. The monoisotopic (exact) mass is 660 g/mol. The number of aromatic amines is 1. The van der Waals surface area contributed by atoms with Crippen molar-refractivity contribution in [3.05, 3.63) is 129 Å². The summed E-state index contributed by atoms with van der Waals surface area (Å²) in [7, 11) is 0.704. The lowest BCUT2D eigenvalue weighted by Crippen LogP contribution is -2.51. The molecule has 0 aliphatic carbocycles. The van der Waals surface area contributed by atoms with Gasteiger partial charge in [0.15, 0.2) is 14.5 Å². The number of aliphatic hydroxyl groups excluding tert-OH is 1. The molecule has 1 aliphatic heterocycles. The number of aliphatic hydroxyl groups is 1. The molecule has 1 unspecified atom stereocenters. The number of nitrogens with one attached hydrogen (secondary N) is 1. The van der Waals surface area contributed by atoms with E-state index in [4.69, 9.17) is 23.4 Å². The van der Waals surface area contributed by atoms with Crippen LogP contribution < -0.4 is 20.7 Å². The third-order valence-electron chi connectivity index (χ3n) is 9.33. The number of hydrogen-bond donors (Lipinski definition) is 2. The molecule has 1 aromatic heterocycles. The zero-order chi connectivity index (χ0) is 34.0. The van der Waals surface area contributed by atoms with E-state index >= 15 is 0 Å². The van der Waals surface area contributed by atoms with Gasteiger partial charge in [-0.1, -0.05) is 75.4 Å². The number of methoxy groups -OCH3 is 2. The zero-order valence-electron chi connectivity index (χ0n) is 27.9. The molecule has 1 saturated heterocycles. The van der Waals surface area contributed by atoms with Gasteiger partial charge in [0, 0.05) is 12.3 Å². The summed E-state index contributed by atoms with van der Waals surface area (Å²) < 4.78 is 31.9. The van der Waals surface area contributed by atoms with Crippen molar-refractivity contribution in [2.24, 2.45) is 0 Å².